The number of aryl methyl sites for hydroxylation is 1. The molecule has 0 N–H and O–H groups in total. The molecule has 2 aromatic rings. The average molecular weight is 313 g/mol. The highest BCUT2D eigenvalue weighted by molar-refractivity contribution is 9.10. The van der Waals surface area contributed by atoms with E-state index in [4.69, 9.17) is 11.6 Å². The van der Waals surface area contributed by atoms with E-state index in [1.54, 1.807) is 0 Å². The van der Waals surface area contributed by atoms with Crippen molar-refractivity contribution in [1.29, 1.82) is 0 Å². The normalized spacial score (nSPS) is 10.6. The molecular formula is C13H11BrClNO. The molecule has 0 aliphatic carbocycles. The van der Waals surface area contributed by atoms with Gasteiger partial charge < -0.3 is 4.57 Å². The maximum absolute atomic E-state index is 10.9. The fraction of sp³-hybridized carbons (Fsp3) is 0.154. The number of hydrogen-bond acceptors (Lipinski definition) is 1. The Morgan fingerprint density at radius 1 is 1.35 bits per heavy atom. The van der Waals surface area contributed by atoms with Gasteiger partial charge in [0.05, 0.1) is 15.2 Å². The quantitative estimate of drug-likeness (QED) is 0.757. The minimum Gasteiger partial charge on any atom is -0.317 e. The highest BCUT2D eigenvalue weighted by atomic mass is 79.9. The molecule has 0 bridgehead atoms. The summed E-state index contributed by atoms with van der Waals surface area (Å²) in [5.74, 6) is 0. The molecule has 88 valence electrons. The Kier molecular flexibility index (Phi) is 3.40. The molecule has 4 heteroatoms. The smallest absolute Gasteiger partial charge is 0.151 e. The lowest BCUT2D eigenvalue weighted by atomic mass is 10.2. The van der Waals surface area contributed by atoms with Gasteiger partial charge in [0, 0.05) is 17.0 Å². The van der Waals surface area contributed by atoms with Crippen LogP contribution in [0.3, 0.4) is 0 Å². The largest absolute Gasteiger partial charge is 0.317 e. The topological polar surface area (TPSA) is 22.0 Å². The van der Waals surface area contributed by atoms with E-state index in [0.717, 1.165) is 27.8 Å². The van der Waals surface area contributed by atoms with E-state index in [1.165, 1.54) is 0 Å². The van der Waals surface area contributed by atoms with E-state index in [9.17, 15) is 4.79 Å². The first-order valence-electron chi connectivity index (χ1n) is 5.14. The third-order valence-corrected chi connectivity index (χ3v) is 4.15. The summed E-state index contributed by atoms with van der Waals surface area (Å²) in [5.41, 5.74) is 3.57. The molecule has 1 heterocycles. The van der Waals surface area contributed by atoms with E-state index >= 15 is 0 Å². The maximum atomic E-state index is 10.9. The van der Waals surface area contributed by atoms with Crippen molar-refractivity contribution in [2.45, 2.75) is 13.8 Å². The Labute approximate surface area is 113 Å². The number of benzene rings is 1. The van der Waals surface area contributed by atoms with Gasteiger partial charge in [-0.25, -0.2) is 0 Å². The first kappa shape index (κ1) is 12.4. The van der Waals surface area contributed by atoms with Crippen LogP contribution in [0, 0.1) is 13.8 Å². The van der Waals surface area contributed by atoms with Gasteiger partial charge in [-0.15, -0.1) is 0 Å². The van der Waals surface area contributed by atoms with E-state index in [2.05, 4.69) is 15.9 Å². The number of aldehydes is 1. The monoisotopic (exact) mass is 311 g/mol. The van der Waals surface area contributed by atoms with Crippen molar-refractivity contribution >= 4 is 33.8 Å². The van der Waals surface area contributed by atoms with Crippen LogP contribution >= 0.6 is 27.5 Å². The van der Waals surface area contributed by atoms with Gasteiger partial charge in [0.1, 0.15) is 0 Å². The summed E-state index contributed by atoms with van der Waals surface area (Å²) in [6.45, 7) is 3.89. The van der Waals surface area contributed by atoms with Gasteiger partial charge in [0.25, 0.3) is 0 Å². The van der Waals surface area contributed by atoms with Crippen LogP contribution in [0.4, 0.5) is 0 Å². The third kappa shape index (κ3) is 2.05. The van der Waals surface area contributed by atoms with Crippen molar-refractivity contribution in [2.24, 2.45) is 0 Å². The third-order valence-electron chi connectivity index (χ3n) is 2.77. The summed E-state index contributed by atoms with van der Waals surface area (Å²) >= 11 is 9.55. The summed E-state index contributed by atoms with van der Waals surface area (Å²) in [4.78, 5) is 10.9. The van der Waals surface area contributed by atoms with E-state index in [-0.39, 0.29) is 0 Å². The van der Waals surface area contributed by atoms with Crippen LogP contribution in [0.25, 0.3) is 5.69 Å². The fourth-order valence-corrected chi connectivity index (χ4v) is 2.55. The van der Waals surface area contributed by atoms with Crippen LogP contribution in [0.15, 0.2) is 28.7 Å². The minimum atomic E-state index is 0.655. The Balaban J connectivity index is 2.72. The van der Waals surface area contributed by atoms with Gasteiger partial charge in [-0.1, -0.05) is 17.7 Å². The average Bonchev–Trinajstić information content (AvgIpc) is 2.58. The summed E-state index contributed by atoms with van der Waals surface area (Å²) < 4.78 is 2.85. The van der Waals surface area contributed by atoms with Crippen LogP contribution in [0.1, 0.15) is 21.7 Å². The number of halogens is 2. The number of rotatable bonds is 2. The molecule has 2 rings (SSSR count). The zero-order chi connectivity index (χ0) is 12.6. The summed E-state index contributed by atoms with van der Waals surface area (Å²) in [6.07, 6.45) is 0.872. The van der Waals surface area contributed by atoms with Crippen molar-refractivity contribution < 1.29 is 4.79 Å². The van der Waals surface area contributed by atoms with Crippen molar-refractivity contribution in [3.05, 3.63) is 50.7 Å². The van der Waals surface area contributed by atoms with Crippen LogP contribution in [-0.2, 0) is 0 Å². The molecule has 0 saturated carbocycles. The molecule has 17 heavy (non-hydrogen) atoms. The van der Waals surface area contributed by atoms with Gasteiger partial charge >= 0.3 is 0 Å². The zero-order valence-corrected chi connectivity index (χ0v) is 11.8. The fourth-order valence-electron chi connectivity index (χ4n) is 1.94. The molecule has 0 aliphatic heterocycles. The Bertz CT molecular complexity index is 589. The van der Waals surface area contributed by atoms with E-state index in [1.807, 2.05) is 42.7 Å². The first-order chi connectivity index (χ1) is 8.06. The van der Waals surface area contributed by atoms with Crippen LogP contribution < -0.4 is 0 Å². The van der Waals surface area contributed by atoms with Gasteiger partial charge in [-0.3, -0.25) is 4.79 Å². The standard InChI is InChI=1S/C13H11BrClNO/c1-8-6-10(7-17)9(2)16(8)12-5-3-4-11(15)13(12)14/h3-7H,1-2H3. The van der Waals surface area contributed by atoms with Crippen LogP contribution in [-0.4, -0.2) is 10.9 Å². The number of carbonyl (C=O) groups excluding carboxylic acids is 1. The predicted molar refractivity (Wildman–Crippen MR) is 73.3 cm³/mol. The van der Waals surface area contributed by atoms with Crippen molar-refractivity contribution in [1.82, 2.24) is 4.57 Å². The zero-order valence-electron chi connectivity index (χ0n) is 9.50. The van der Waals surface area contributed by atoms with Gasteiger partial charge in [-0.2, -0.15) is 0 Å². The molecule has 0 unspecified atom stereocenters. The molecular weight excluding hydrogens is 302 g/mol. The van der Waals surface area contributed by atoms with E-state index in [0.29, 0.717) is 10.6 Å². The lowest BCUT2D eigenvalue weighted by molar-refractivity contribution is 0.112. The van der Waals surface area contributed by atoms with Crippen molar-refractivity contribution in [2.75, 3.05) is 0 Å². The number of hydrogen-bond donors (Lipinski definition) is 0. The highest BCUT2D eigenvalue weighted by Crippen LogP contribution is 2.31. The molecule has 0 aliphatic rings. The molecule has 0 saturated heterocycles. The lowest BCUT2D eigenvalue weighted by Gasteiger charge is -2.12. The maximum Gasteiger partial charge on any atom is 0.151 e. The second-order valence-electron chi connectivity index (χ2n) is 3.85. The number of nitrogens with zero attached hydrogens (tertiary/aromatic N) is 1. The van der Waals surface area contributed by atoms with Crippen molar-refractivity contribution in [3.8, 4) is 5.69 Å². The molecule has 0 atom stereocenters. The Morgan fingerprint density at radius 3 is 2.65 bits per heavy atom. The Hall–Kier alpha value is -1.06. The molecule has 1 aromatic heterocycles. The van der Waals surface area contributed by atoms with Crippen LogP contribution in [0.2, 0.25) is 5.02 Å². The van der Waals surface area contributed by atoms with Gasteiger partial charge in [0.15, 0.2) is 6.29 Å². The number of carbonyl (C=O) groups is 1. The molecule has 2 nitrogen and oxygen atoms in total. The lowest BCUT2D eigenvalue weighted by Crippen LogP contribution is -2.00. The molecule has 0 radical (unpaired) electrons. The summed E-state index contributed by atoms with van der Waals surface area (Å²) in [5, 5.41) is 0.655. The van der Waals surface area contributed by atoms with E-state index < -0.39 is 0 Å². The summed E-state index contributed by atoms with van der Waals surface area (Å²) in [7, 11) is 0. The second-order valence-corrected chi connectivity index (χ2v) is 5.05. The predicted octanol–water partition coefficient (Wildman–Crippen LogP) is 4.32. The molecule has 0 fully saturated rings. The minimum absolute atomic E-state index is 0.655. The molecule has 0 spiro atoms. The van der Waals surface area contributed by atoms with Crippen LogP contribution in [0.5, 0.6) is 0 Å². The first-order valence-corrected chi connectivity index (χ1v) is 6.32. The summed E-state index contributed by atoms with van der Waals surface area (Å²) in [6, 6.07) is 7.55. The second kappa shape index (κ2) is 4.67. The highest BCUT2D eigenvalue weighted by Gasteiger charge is 2.13. The van der Waals surface area contributed by atoms with Gasteiger partial charge in [0.2, 0.25) is 0 Å². The SMILES string of the molecule is Cc1cc(C=O)c(C)n1-c1cccc(Cl)c1Br. The number of aromatic nitrogens is 1. The van der Waals surface area contributed by atoms with Gasteiger partial charge in [-0.05, 0) is 48.0 Å². The molecule has 0 amide bonds. The Morgan fingerprint density at radius 2 is 2.06 bits per heavy atom. The molecule has 1 aromatic carbocycles. The van der Waals surface area contributed by atoms with Crippen molar-refractivity contribution in [3.63, 3.8) is 0 Å².